The Bertz CT molecular complexity index is 937. The van der Waals surface area contributed by atoms with Gasteiger partial charge in [-0.1, -0.05) is 18.2 Å². The van der Waals surface area contributed by atoms with Crippen molar-refractivity contribution < 1.29 is 9.90 Å². The summed E-state index contributed by atoms with van der Waals surface area (Å²) in [5.74, 6) is -0.921. The van der Waals surface area contributed by atoms with E-state index in [0.29, 0.717) is 12.6 Å². The monoisotopic (exact) mass is 393 g/mol. The fraction of sp³-hybridized carbons (Fsp3) is 0.500. The highest BCUT2D eigenvalue weighted by atomic mass is 16.4. The number of carbonyl (C=O) groups is 1. The van der Waals surface area contributed by atoms with Crippen LogP contribution in [0.25, 0.3) is 0 Å². The second kappa shape index (κ2) is 8.36. The first kappa shape index (κ1) is 19.6. The van der Waals surface area contributed by atoms with Crippen LogP contribution in [0.1, 0.15) is 46.2 Å². The fourth-order valence-electron chi connectivity index (χ4n) is 4.71. The molecule has 1 atom stereocenters. The van der Waals surface area contributed by atoms with Crippen molar-refractivity contribution in [2.45, 2.75) is 45.3 Å². The van der Waals surface area contributed by atoms with E-state index >= 15 is 0 Å². The molecule has 4 rings (SSSR count). The number of nitrogens with zero attached hydrogens (tertiary/aromatic N) is 5. The SMILES string of the molecule is CCn1nc(C(=O)O)c2c1CC[C@@H](N1CCN(Cc3ccccc3C#N)CC1)C2. The van der Waals surface area contributed by atoms with Crippen LogP contribution in [0.4, 0.5) is 0 Å². The van der Waals surface area contributed by atoms with Gasteiger partial charge in [0, 0.05) is 56.6 Å². The molecule has 7 nitrogen and oxygen atoms in total. The van der Waals surface area contributed by atoms with Gasteiger partial charge in [0.2, 0.25) is 0 Å². The summed E-state index contributed by atoms with van der Waals surface area (Å²) in [6.45, 7) is 7.39. The lowest BCUT2D eigenvalue weighted by atomic mass is 9.90. The molecule has 1 saturated heterocycles. The molecule has 0 unspecified atom stereocenters. The number of nitriles is 1. The number of hydrogen-bond donors (Lipinski definition) is 1. The Hall–Kier alpha value is -2.69. The van der Waals surface area contributed by atoms with E-state index in [2.05, 4.69) is 21.0 Å². The predicted molar refractivity (Wildman–Crippen MR) is 109 cm³/mol. The van der Waals surface area contributed by atoms with Crippen LogP contribution in [-0.4, -0.2) is 62.9 Å². The Morgan fingerprint density at radius 3 is 2.72 bits per heavy atom. The van der Waals surface area contributed by atoms with Gasteiger partial charge in [0.25, 0.3) is 0 Å². The largest absolute Gasteiger partial charge is 0.476 e. The molecule has 0 bridgehead atoms. The lowest BCUT2D eigenvalue weighted by Gasteiger charge is -2.40. The van der Waals surface area contributed by atoms with E-state index in [1.807, 2.05) is 35.9 Å². The Balaban J connectivity index is 1.39. The van der Waals surface area contributed by atoms with Crippen molar-refractivity contribution >= 4 is 5.97 Å². The highest BCUT2D eigenvalue weighted by molar-refractivity contribution is 5.87. The van der Waals surface area contributed by atoms with Crippen molar-refractivity contribution in [1.29, 1.82) is 5.26 Å². The maximum atomic E-state index is 11.6. The standard InChI is InChI=1S/C22H27N5O2/c1-2-27-20-8-7-18(13-19(20)21(24-27)22(28)29)26-11-9-25(10-12-26)15-17-6-4-3-5-16(17)14-23/h3-6,18H,2,7-13,15H2,1H3,(H,28,29)/t18-/m1/s1. The van der Waals surface area contributed by atoms with Gasteiger partial charge in [-0.3, -0.25) is 14.5 Å². The third-order valence-electron chi connectivity index (χ3n) is 6.28. The third-order valence-corrected chi connectivity index (χ3v) is 6.28. The molecule has 1 aromatic carbocycles. The van der Waals surface area contributed by atoms with Crippen LogP contribution >= 0.6 is 0 Å². The number of carboxylic acids is 1. The molecule has 0 radical (unpaired) electrons. The molecule has 1 aliphatic heterocycles. The lowest BCUT2D eigenvalue weighted by molar-refractivity contribution is 0.0684. The molecule has 2 aliphatic rings. The lowest BCUT2D eigenvalue weighted by Crippen LogP contribution is -2.51. The molecule has 29 heavy (non-hydrogen) atoms. The average Bonchev–Trinajstić information content (AvgIpc) is 3.13. The first-order chi connectivity index (χ1) is 14.1. The fourth-order valence-corrected chi connectivity index (χ4v) is 4.71. The molecular formula is C22H27N5O2. The molecule has 2 heterocycles. The van der Waals surface area contributed by atoms with Crippen LogP contribution in [0.15, 0.2) is 24.3 Å². The Morgan fingerprint density at radius 1 is 1.28 bits per heavy atom. The molecule has 0 saturated carbocycles. The topological polar surface area (TPSA) is 85.4 Å². The smallest absolute Gasteiger partial charge is 0.356 e. The van der Waals surface area contributed by atoms with E-state index in [4.69, 9.17) is 0 Å². The summed E-state index contributed by atoms with van der Waals surface area (Å²) in [5, 5.41) is 23.2. The molecule has 0 spiro atoms. The number of hydrogen-bond acceptors (Lipinski definition) is 5. The zero-order valence-electron chi connectivity index (χ0n) is 16.8. The van der Waals surface area contributed by atoms with E-state index in [9.17, 15) is 15.2 Å². The van der Waals surface area contributed by atoms with Crippen LogP contribution < -0.4 is 0 Å². The number of rotatable bonds is 5. The van der Waals surface area contributed by atoms with Crippen molar-refractivity contribution in [3.8, 4) is 6.07 Å². The van der Waals surface area contributed by atoms with Gasteiger partial charge in [-0.15, -0.1) is 0 Å². The minimum Gasteiger partial charge on any atom is -0.476 e. The number of benzene rings is 1. The van der Waals surface area contributed by atoms with Crippen molar-refractivity contribution in [2.24, 2.45) is 0 Å². The predicted octanol–water partition coefficient (Wildman–Crippen LogP) is 2.15. The van der Waals surface area contributed by atoms with E-state index < -0.39 is 5.97 Å². The minimum atomic E-state index is -0.921. The number of fused-ring (bicyclic) bond motifs is 1. The number of aryl methyl sites for hydroxylation is 1. The van der Waals surface area contributed by atoms with Crippen molar-refractivity contribution in [3.63, 3.8) is 0 Å². The van der Waals surface area contributed by atoms with Crippen molar-refractivity contribution in [2.75, 3.05) is 26.2 Å². The van der Waals surface area contributed by atoms with Crippen LogP contribution in [0, 0.1) is 11.3 Å². The van der Waals surface area contributed by atoms with Gasteiger partial charge in [-0.25, -0.2) is 4.79 Å². The van der Waals surface area contributed by atoms with Crippen LogP contribution in [-0.2, 0) is 25.9 Å². The van der Waals surface area contributed by atoms with Crippen molar-refractivity contribution in [1.82, 2.24) is 19.6 Å². The van der Waals surface area contributed by atoms with Gasteiger partial charge in [0.05, 0.1) is 11.6 Å². The molecule has 1 fully saturated rings. The van der Waals surface area contributed by atoms with Gasteiger partial charge in [0.15, 0.2) is 5.69 Å². The molecular weight excluding hydrogens is 366 g/mol. The summed E-state index contributed by atoms with van der Waals surface area (Å²) < 4.78 is 1.86. The molecule has 152 valence electrons. The summed E-state index contributed by atoms with van der Waals surface area (Å²) in [7, 11) is 0. The quantitative estimate of drug-likeness (QED) is 0.838. The summed E-state index contributed by atoms with van der Waals surface area (Å²) in [4.78, 5) is 16.5. The number of aromatic carboxylic acids is 1. The number of carboxylic acid groups (broad SMARTS) is 1. The zero-order valence-corrected chi connectivity index (χ0v) is 16.8. The highest BCUT2D eigenvalue weighted by Gasteiger charge is 2.32. The van der Waals surface area contributed by atoms with Gasteiger partial charge in [-0.2, -0.15) is 10.4 Å². The Kier molecular flexibility index (Phi) is 5.65. The number of aromatic nitrogens is 2. The summed E-state index contributed by atoms with van der Waals surface area (Å²) >= 11 is 0. The first-order valence-corrected chi connectivity index (χ1v) is 10.4. The summed E-state index contributed by atoms with van der Waals surface area (Å²) in [5.41, 5.74) is 4.11. The second-order valence-corrected chi connectivity index (χ2v) is 7.87. The third kappa shape index (κ3) is 3.91. The molecule has 2 aromatic rings. The van der Waals surface area contributed by atoms with Gasteiger partial charge in [0.1, 0.15) is 0 Å². The minimum absolute atomic E-state index is 0.235. The Labute approximate surface area is 171 Å². The Morgan fingerprint density at radius 2 is 2.03 bits per heavy atom. The van der Waals surface area contributed by atoms with E-state index in [0.717, 1.165) is 74.4 Å². The van der Waals surface area contributed by atoms with E-state index in [1.165, 1.54) is 0 Å². The molecule has 1 aliphatic carbocycles. The van der Waals surface area contributed by atoms with E-state index in [-0.39, 0.29) is 5.69 Å². The molecule has 7 heteroatoms. The first-order valence-electron chi connectivity index (χ1n) is 10.4. The maximum absolute atomic E-state index is 11.6. The highest BCUT2D eigenvalue weighted by Crippen LogP contribution is 2.28. The van der Waals surface area contributed by atoms with E-state index in [1.54, 1.807) is 0 Å². The second-order valence-electron chi connectivity index (χ2n) is 7.87. The van der Waals surface area contributed by atoms with Crippen LogP contribution in [0.5, 0.6) is 0 Å². The van der Waals surface area contributed by atoms with Gasteiger partial charge in [-0.05, 0) is 37.8 Å². The van der Waals surface area contributed by atoms with Crippen LogP contribution in [0.3, 0.4) is 0 Å². The van der Waals surface area contributed by atoms with Gasteiger partial charge < -0.3 is 5.11 Å². The summed E-state index contributed by atoms with van der Waals surface area (Å²) in [6.07, 6.45) is 2.72. The average molecular weight is 393 g/mol. The molecule has 0 amide bonds. The zero-order chi connectivity index (χ0) is 20.4. The normalized spacial score (nSPS) is 20.2. The van der Waals surface area contributed by atoms with Crippen molar-refractivity contribution in [3.05, 3.63) is 52.3 Å². The molecule has 1 N–H and O–H groups in total. The number of piperazine rings is 1. The summed E-state index contributed by atoms with van der Waals surface area (Å²) in [6, 6.07) is 10.5. The van der Waals surface area contributed by atoms with Gasteiger partial charge >= 0.3 is 5.97 Å². The van der Waals surface area contributed by atoms with Crippen LogP contribution in [0.2, 0.25) is 0 Å². The maximum Gasteiger partial charge on any atom is 0.356 e. The molecule has 1 aromatic heterocycles.